The monoisotopic (exact) mass is 366 g/mol. The van der Waals surface area contributed by atoms with Crippen molar-refractivity contribution in [3.63, 3.8) is 0 Å². The van der Waals surface area contributed by atoms with Crippen molar-refractivity contribution in [2.45, 2.75) is 38.8 Å². The minimum atomic E-state index is 0. The molecule has 1 fully saturated rings. The fourth-order valence-electron chi connectivity index (χ4n) is 3.25. The third-order valence-corrected chi connectivity index (χ3v) is 4.87. The van der Waals surface area contributed by atoms with Gasteiger partial charge in [-0.25, -0.2) is 0 Å². The molecule has 2 aliphatic heterocycles. The molecular weight excluding hydrogens is 340 g/mol. The molecule has 2 aliphatic rings. The number of piperidine rings is 1. The summed E-state index contributed by atoms with van der Waals surface area (Å²) < 4.78 is 10.7. The van der Waals surface area contributed by atoms with Crippen molar-refractivity contribution in [1.82, 2.24) is 9.80 Å². The van der Waals surface area contributed by atoms with Crippen LogP contribution < -0.4 is 9.47 Å². The SMILES string of the molecule is CC(C)N1CCCC(N(C)C(=O)C=Cc2ccc3c(c2)OCO3)C1.Cl. The van der Waals surface area contributed by atoms with Crippen LogP contribution in [0.15, 0.2) is 24.3 Å². The highest BCUT2D eigenvalue weighted by atomic mass is 35.5. The lowest BCUT2D eigenvalue weighted by atomic mass is 10.0. The highest BCUT2D eigenvalue weighted by Crippen LogP contribution is 2.32. The summed E-state index contributed by atoms with van der Waals surface area (Å²) >= 11 is 0. The number of hydrogen-bond acceptors (Lipinski definition) is 4. The highest BCUT2D eigenvalue weighted by Gasteiger charge is 2.26. The lowest BCUT2D eigenvalue weighted by Crippen LogP contribution is -2.50. The van der Waals surface area contributed by atoms with Gasteiger partial charge in [0.15, 0.2) is 11.5 Å². The van der Waals surface area contributed by atoms with Crippen LogP contribution in [0.2, 0.25) is 0 Å². The number of halogens is 1. The van der Waals surface area contributed by atoms with E-state index >= 15 is 0 Å². The number of rotatable bonds is 4. The molecule has 138 valence electrons. The van der Waals surface area contributed by atoms with E-state index in [1.165, 1.54) is 0 Å². The maximum Gasteiger partial charge on any atom is 0.246 e. The van der Waals surface area contributed by atoms with E-state index in [-0.39, 0.29) is 31.1 Å². The number of likely N-dealkylation sites (N-methyl/N-ethyl adjacent to an activating group) is 1. The van der Waals surface area contributed by atoms with Crippen LogP contribution in [0.1, 0.15) is 32.3 Å². The predicted octanol–water partition coefficient (Wildman–Crippen LogP) is 3.18. The maximum atomic E-state index is 12.5. The second kappa shape index (κ2) is 8.59. The van der Waals surface area contributed by atoms with E-state index in [1.54, 1.807) is 6.08 Å². The molecule has 1 aromatic rings. The first-order valence-electron chi connectivity index (χ1n) is 8.63. The van der Waals surface area contributed by atoms with Crippen molar-refractivity contribution in [3.05, 3.63) is 29.8 Å². The number of fused-ring (bicyclic) bond motifs is 1. The van der Waals surface area contributed by atoms with Crippen molar-refractivity contribution in [2.75, 3.05) is 26.9 Å². The van der Waals surface area contributed by atoms with Crippen LogP contribution in [-0.4, -0.2) is 54.7 Å². The Morgan fingerprint density at radius 2 is 2.08 bits per heavy atom. The van der Waals surface area contributed by atoms with Gasteiger partial charge in [-0.1, -0.05) is 6.07 Å². The second-order valence-electron chi connectivity index (χ2n) is 6.78. The van der Waals surface area contributed by atoms with E-state index in [9.17, 15) is 4.79 Å². The Balaban J connectivity index is 0.00000225. The molecule has 0 radical (unpaired) electrons. The first kappa shape index (κ1) is 19.6. The summed E-state index contributed by atoms with van der Waals surface area (Å²) in [5.41, 5.74) is 0.938. The summed E-state index contributed by atoms with van der Waals surface area (Å²) in [6.07, 6.45) is 5.70. The van der Waals surface area contributed by atoms with Crippen LogP contribution in [0.25, 0.3) is 6.08 Å². The predicted molar refractivity (Wildman–Crippen MR) is 101 cm³/mol. The smallest absolute Gasteiger partial charge is 0.246 e. The van der Waals surface area contributed by atoms with Gasteiger partial charge >= 0.3 is 0 Å². The summed E-state index contributed by atoms with van der Waals surface area (Å²) in [5, 5.41) is 0. The fourth-order valence-corrected chi connectivity index (χ4v) is 3.25. The lowest BCUT2D eigenvalue weighted by molar-refractivity contribution is -0.127. The summed E-state index contributed by atoms with van der Waals surface area (Å²) in [4.78, 5) is 16.8. The summed E-state index contributed by atoms with van der Waals surface area (Å²) in [7, 11) is 1.90. The van der Waals surface area contributed by atoms with E-state index in [4.69, 9.17) is 9.47 Å². The van der Waals surface area contributed by atoms with Gasteiger partial charge in [-0.15, -0.1) is 12.4 Å². The highest BCUT2D eigenvalue weighted by molar-refractivity contribution is 5.92. The Labute approximate surface area is 156 Å². The molecule has 1 aromatic carbocycles. The van der Waals surface area contributed by atoms with Crippen molar-refractivity contribution < 1.29 is 14.3 Å². The number of amides is 1. The minimum Gasteiger partial charge on any atom is -0.454 e. The number of ether oxygens (including phenoxy) is 2. The molecule has 0 spiro atoms. The van der Waals surface area contributed by atoms with Gasteiger partial charge in [0.25, 0.3) is 0 Å². The average Bonchev–Trinajstić information content (AvgIpc) is 3.06. The van der Waals surface area contributed by atoms with Crippen LogP contribution in [-0.2, 0) is 4.79 Å². The molecule has 1 unspecified atom stereocenters. The second-order valence-corrected chi connectivity index (χ2v) is 6.78. The zero-order valence-corrected chi connectivity index (χ0v) is 15.9. The molecular formula is C19H27ClN2O3. The standard InChI is InChI=1S/C19H26N2O3.ClH/c1-14(2)21-10-4-5-16(12-21)20(3)19(22)9-7-15-6-8-17-18(11-15)24-13-23-17;/h6-9,11,14,16H,4-5,10,12-13H2,1-3H3;1H. The Morgan fingerprint density at radius 1 is 1.32 bits per heavy atom. The Bertz CT molecular complexity index is 633. The van der Waals surface area contributed by atoms with Gasteiger partial charge in [-0.05, 0) is 57.0 Å². The van der Waals surface area contributed by atoms with E-state index in [0.717, 1.165) is 43.0 Å². The van der Waals surface area contributed by atoms with Crippen LogP contribution in [0.5, 0.6) is 11.5 Å². The van der Waals surface area contributed by atoms with Gasteiger partial charge in [0.2, 0.25) is 12.7 Å². The average molecular weight is 367 g/mol. The molecule has 1 amide bonds. The summed E-state index contributed by atoms with van der Waals surface area (Å²) in [5.74, 6) is 1.53. The number of nitrogens with zero attached hydrogens (tertiary/aromatic N) is 2. The zero-order chi connectivity index (χ0) is 17.1. The number of carbonyl (C=O) groups is 1. The molecule has 0 aromatic heterocycles. The number of hydrogen-bond donors (Lipinski definition) is 0. The van der Waals surface area contributed by atoms with Crippen LogP contribution in [0, 0.1) is 0 Å². The zero-order valence-electron chi connectivity index (χ0n) is 15.1. The Morgan fingerprint density at radius 3 is 2.84 bits per heavy atom. The minimum absolute atomic E-state index is 0. The topological polar surface area (TPSA) is 42.0 Å². The largest absolute Gasteiger partial charge is 0.454 e. The van der Waals surface area contributed by atoms with E-state index < -0.39 is 0 Å². The summed E-state index contributed by atoms with van der Waals surface area (Å²) in [6.45, 7) is 6.77. The number of likely N-dealkylation sites (tertiary alicyclic amines) is 1. The third-order valence-electron chi connectivity index (χ3n) is 4.87. The Kier molecular flexibility index (Phi) is 6.73. The Hall–Kier alpha value is -1.72. The van der Waals surface area contributed by atoms with Gasteiger partial charge in [0, 0.05) is 31.8 Å². The van der Waals surface area contributed by atoms with Crippen LogP contribution in [0.4, 0.5) is 0 Å². The van der Waals surface area contributed by atoms with Crippen molar-refractivity contribution >= 4 is 24.4 Å². The van der Waals surface area contributed by atoms with Gasteiger partial charge in [-0.3, -0.25) is 9.69 Å². The van der Waals surface area contributed by atoms with Gasteiger partial charge in [0.1, 0.15) is 0 Å². The molecule has 0 bridgehead atoms. The molecule has 25 heavy (non-hydrogen) atoms. The molecule has 0 N–H and O–H groups in total. The maximum absolute atomic E-state index is 12.5. The first-order valence-corrected chi connectivity index (χ1v) is 8.63. The fraction of sp³-hybridized carbons (Fsp3) is 0.526. The van der Waals surface area contributed by atoms with Crippen molar-refractivity contribution in [2.24, 2.45) is 0 Å². The quantitative estimate of drug-likeness (QED) is 0.767. The molecule has 1 atom stereocenters. The van der Waals surface area contributed by atoms with Gasteiger partial charge in [-0.2, -0.15) is 0 Å². The van der Waals surface area contributed by atoms with E-state index in [0.29, 0.717) is 6.04 Å². The molecule has 3 rings (SSSR count). The van der Waals surface area contributed by atoms with Gasteiger partial charge < -0.3 is 14.4 Å². The van der Waals surface area contributed by atoms with Crippen LogP contribution in [0.3, 0.4) is 0 Å². The number of benzene rings is 1. The van der Waals surface area contributed by atoms with Gasteiger partial charge in [0.05, 0.1) is 0 Å². The van der Waals surface area contributed by atoms with E-state index in [1.807, 2.05) is 36.2 Å². The van der Waals surface area contributed by atoms with E-state index in [2.05, 4.69) is 18.7 Å². The van der Waals surface area contributed by atoms with Crippen molar-refractivity contribution in [1.29, 1.82) is 0 Å². The molecule has 2 heterocycles. The molecule has 0 aliphatic carbocycles. The summed E-state index contributed by atoms with van der Waals surface area (Å²) in [6, 6.07) is 6.51. The molecule has 5 nitrogen and oxygen atoms in total. The number of carbonyl (C=O) groups excluding carboxylic acids is 1. The normalized spacial score (nSPS) is 19.9. The van der Waals surface area contributed by atoms with Crippen LogP contribution >= 0.6 is 12.4 Å². The molecule has 1 saturated heterocycles. The first-order chi connectivity index (χ1) is 11.5. The molecule has 0 saturated carbocycles. The van der Waals surface area contributed by atoms with Crippen molar-refractivity contribution in [3.8, 4) is 11.5 Å². The molecule has 6 heteroatoms. The third kappa shape index (κ3) is 4.67. The lowest BCUT2D eigenvalue weighted by Gasteiger charge is -2.39.